The molecule has 0 unspecified atom stereocenters. The Labute approximate surface area is 156 Å². The Balaban J connectivity index is 1.63. The first-order valence-corrected chi connectivity index (χ1v) is 10.4. The highest BCUT2D eigenvalue weighted by molar-refractivity contribution is 7.99. The highest BCUT2D eigenvalue weighted by atomic mass is 32.2. The summed E-state index contributed by atoms with van der Waals surface area (Å²) >= 11 is 3.39. The van der Waals surface area contributed by atoms with Gasteiger partial charge >= 0.3 is 0 Å². The highest BCUT2D eigenvalue weighted by Crippen LogP contribution is 2.24. The summed E-state index contributed by atoms with van der Waals surface area (Å²) in [6, 6.07) is 14.3. The van der Waals surface area contributed by atoms with Crippen LogP contribution in [0.2, 0.25) is 0 Å². The van der Waals surface area contributed by atoms with Crippen molar-refractivity contribution >= 4 is 29.2 Å². The van der Waals surface area contributed by atoms with E-state index in [1.54, 1.807) is 23.5 Å². The van der Waals surface area contributed by atoms with Crippen LogP contribution in [0.5, 0.6) is 0 Å². The first kappa shape index (κ1) is 17.8. The molecule has 3 aromatic rings. The summed E-state index contributed by atoms with van der Waals surface area (Å²) in [5.74, 6) is 1.75. The number of benzene rings is 1. The maximum atomic E-state index is 4.51. The van der Waals surface area contributed by atoms with Crippen molar-refractivity contribution in [3.05, 3.63) is 48.7 Å². The fourth-order valence-electron chi connectivity index (χ4n) is 2.40. The normalized spacial score (nSPS) is 10.8. The molecular formula is C18H21N5S2. The number of rotatable bonds is 8. The summed E-state index contributed by atoms with van der Waals surface area (Å²) in [5, 5.41) is 13.0. The molecule has 0 atom stereocenters. The van der Waals surface area contributed by atoms with Gasteiger partial charge in [0.2, 0.25) is 0 Å². The average Bonchev–Trinajstić information content (AvgIpc) is 3.09. The fraction of sp³-hybridized carbons (Fsp3) is 0.278. The summed E-state index contributed by atoms with van der Waals surface area (Å²) in [4.78, 5) is 5.66. The number of pyridine rings is 1. The number of anilines is 1. The Morgan fingerprint density at radius 2 is 1.92 bits per heavy atom. The molecule has 0 aliphatic rings. The Hall–Kier alpha value is -1.99. The second kappa shape index (κ2) is 8.92. The van der Waals surface area contributed by atoms with Gasteiger partial charge in [-0.25, -0.2) is 0 Å². The smallest absolute Gasteiger partial charge is 0.191 e. The molecule has 0 saturated heterocycles. The van der Waals surface area contributed by atoms with Gasteiger partial charge in [-0.2, -0.15) is 0 Å². The molecule has 0 bridgehead atoms. The molecule has 0 spiro atoms. The first-order chi connectivity index (χ1) is 12.3. The minimum atomic E-state index is 0.822. The van der Waals surface area contributed by atoms with Gasteiger partial charge in [0.05, 0.1) is 0 Å². The van der Waals surface area contributed by atoms with E-state index in [1.165, 1.54) is 0 Å². The standard InChI is InChI=1S/C18H21N5S2/c1-3-23-17(16-10-9-15(24-2)13-20-16)21-22-18(23)25-12-11-19-14-7-5-4-6-8-14/h4-10,13,19H,3,11-12H2,1-2H3. The second-order valence-corrected chi connectivity index (χ2v) is 7.22. The van der Waals surface area contributed by atoms with Crippen molar-refractivity contribution in [2.24, 2.45) is 0 Å². The lowest BCUT2D eigenvalue weighted by atomic mass is 10.3. The van der Waals surface area contributed by atoms with Crippen molar-refractivity contribution in [2.45, 2.75) is 23.5 Å². The summed E-state index contributed by atoms with van der Waals surface area (Å²) < 4.78 is 2.12. The third-order valence-electron chi connectivity index (χ3n) is 3.67. The van der Waals surface area contributed by atoms with E-state index in [0.717, 1.165) is 46.1 Å². The molecule has 7 heteroatoms. The summed E-state index contributed by atoms with van der Waals surface area (Å²) in [5.41, 5.74) is 2.00. The van der Waals surface area contributed by atoms with Crippen LogP contribution in [0.3, 0.4) is 0 Å². The van der Waals surface area contributed by atoms with E-state index in [-0.39, 0.29) is 0 Å². The minimum Gasteiger partial charge on any atom is -0.384 e. The molecule has 2 aromatic heterocycles. The number of thioether (sulfide) groups is 2. The second-order valence-electron chi connectivity index (χ2n) is 5.27. The van der Waals surface area contributed by atoms with Crippen molar-refractivity contribution in [2.75, 3.05) is 23.9 Å². The van der Waals surface area contributed by atoms with Gasteiger partial charge in [0.25, 0.3) is 0 Å². The molecule has 5 nitrogen and oxygen atoms in total. The Kier molecular flexibility index (Phi) is 6.36. The lowest BCUT2D eigenvalue weighted by Crippen LogP contribution is -2.06. The Morgan fingerprint density at radius 3 is 2.60 bits per heavy atom. The molecule has 1 aromatic carbocycles. The van der Waals surface area contributed by atoms with E-state index in [9.17, 15) is 0 Å². The van der Waals surface area contributed by atoms with E-state index in [1.807, 2.05) is 36.7 Å². The summed E-state index contributed by atoms with van der Waals surface area (Å²) in [7, 11) is 0. The maximum absolute atomic E-state index is 4.51. The zero-order chi connectivity index (χ0) is 17.5. The molecule has 0 radical (unpaired) electrons. The van der Waals surface area contributed by atoms with E-state index in [2.05, 4.69) is 50.2 Å². The van der Waals surface area contributed by atoms with Gasteiger partial charge in [0, 0.05) is 35.6 Å². The van der Waals surface area contributed by atoms with Crippen LogP contribution in [0.1, 0.15) is 6.92 Å². The molecule has 1 N–H and O–H groups in total. The minimum absolute atomic E-state index is 0.822. The molecule has 2 heterocycles. The molecule has 130 valence electrons. The molecule has 0 aliphatic carbocycles. The lowest BCUT2D eigenvalue weighted by Gasteiger charge is -2.08. The fourth-order valence-corrected chi connectivity index (χ4v) is 3.62. The number of nitrogens with zero attached hydrogens (tertiary/aromatic N) is 4. The Bertz CT molecular complexity index is 787. The van der Waals surface area contributed by atoms with Crippen LogP contribution in [0.25, 0.3) is 11.5 Å². The van der Waals surface area contributed by atoms with Crippen LogP contribution < -0.4 is 5.32 Å². The van der Waals surface area contributed by atoms with Crippen LogP contribution in [0.4, 0.5) is 5.69 Å². The monoisotopic (exact) mass is 371 g/mol. The van der Waals surface area contributed by atoms with E-state index >= 15 is 0 Å². The van der Waals surface area contributed by atoms with E-state index in [4.69, 9.17) is 0 Å². The third-order valence-corrected chi connectivity index (χ3v) is 5.35. The predicted octanol–water partition coefficient (Wildman–Crippen LogP) is 4.29. The quantitative estimate of drug-likeness (QED) is 0.471. The van der Waals surface area contributed by atoms with Crippen LogP contribution in [-0.4, -0.2) is 38.3 Å². The van der Waals surface area contributed by atoms with Gasteiger partial charge < -0.3 is 9.88 Å². The zero-order valence-corrected chi connectivity index (χ0v) is 16.0. The van der Waals surface area contributed by atoms with Crippen molar-refractivity contribution in [1.82, 2.24) is 19.7 Å². The van der Waals surface area contributed by atoms with Crippen molar-refractivity contribution in [1.29, 1.82) is 0 Å². The zero-order valence-electron chi connectivity index (χ0n) is 14.3. The Morgan fingerprint density at radius 1 is 1.08 bits per heavy atom. The lowest BCUT2D eigenvalue weighted by molar-refractivity contribution is 0.686. The van der Waals surface area contributed by atoms with Crippen LogP contribution in [0.15, 0.2) is 58.7 Å². The first-order valence-electron chi connectivity index (χ1n) is 8.17. The average molecular weight is 372 g/mol. The van der Waals surface area contributed by atoms with Gasteiger partial charge in [-0.05, 0) is 37.4 Å². The third kappa shape index (κ3) is 4.55. The van der Waals surface area contributed by atoms with Crippen molar-refractivity contribution < 1.29 is 0 Å². The van der Waals surface area contributed by atoms with Crippen molar-refractivity contribution in [3.8, 4) is 11.5 Å². The van der Waals surface area contributed by atoms with Gasteiger partial charge in [-0.1, -0.05) is 30.0 Å². The molecule has 0 aliphatic heterocycles. The highest BCUT2D eigenvalue weighted by Gasteiger charge is 2.14. The van der Waals surface area contributed by atoms with Gasteiger partial charge in [0.1, 0.15) is 5.69 Å². The van der Waals surface area contributed by atoms with Crippen LogP contribution in [-0.2, 0) is 6.54 Å². The summed E-state index contributed by atoms with van der Waals surface area (Å²) in [6.07, 6.45) is 3.93. The number of nitrogens with one attached hydrogen (secondary N) is 1. The topological polar surface area (TPSA) is 55.6 Å². The molecule has 0 saturated carbocycles. The van der Waals surface area contributed by atoms with Gasteiger partial charge in [0.15, 0.2) is 11.0 Å². The SMILES string of the molecule is CCn1c(SCCNc2ccccc2)nnc1-c1ccc(SC)cn1. The predicted molar refractivity (Wildman–Crippen MR) is 106 cm³/mol. The van der Waals surface area contributed by atoms with E-state index in [0.29, 0.717) is 0 Å². The van der Waals surface area contributed by atoms with E-state index < -0.39 is 0 Å². The van der Waals surface area contributed by atoms with Crippen LogP contribution in [0, 0.1) is 0 Å². The van der Waals surface area contributed by atoms with Crippen LogP contribution >= 0.6 is 23.5 Å². The molecule has 25 heavy (non-hydrogen) atoms. The largest absolute Gasteiger partial charge is 0.384 e. The number of hydrogen-bond donors (Lipinski definition) is 1. The number of para-hydroxylation sites is 1. The number of hydrogen-bond acceptors (Lipinski definition) is 6. The molecule has 3 rings (SSSR count). The van der Waals surface area contributed by atoms with Crippen molar-refractivity contribution in [3.63, 3.8) is 0 Å². The maximum Gasteiger partial charge on any atom is 0.191 e. The number of aromatic nitrogens is 4. The molecular weight excluding hydrogens is 350 g/mol. The summed E-state index contributed by atoms with van der Waals surface area (Å²) in [6.45, 7) is 3.80. The molecule has 0 fully saturated rings. The van der Waals surface area contributed by atoms with Gasteiger partial charge in [-0.15, -0.1) is 22.0 Å². The van der Waals surface area contributed by atoms with Gasteiger partial charge in [-0.3, -0.25) is 4.98 Å². The molecule has 0 amide bonds.